The van der Waals surface area contributed by atoms with Crippen LogP contribution in [0.5, 0.6) is 5.75 Å². The van der Waals surface area contributed by atoms with Crippen LogP contribution in [0.3, 0.4) is 0 Å². The normalized spacial score (nSPS) is 30.6. The van der Waals surface area contributed by atoms with Gasteiger partial charge in [0.2, 0.25) is 0 Å². The van der Waals surface area contributed by atoms with Gasteiger partial charge in [-0.15, -0.1) is 11.3 Å². The summed E-state index contributed by atoms with van der Waals surface area (Å²) in [5.41, 5.74) is 3.77. The van der Waals surface area contributed by atoms with E-state index in [0.717, 1.165) is 73.1 Å². The SMILES string of the molecule is C=S1(=O)CCC/C=C/[C@@H](OCc2nccs2)[C@@H]2CC[C@H]2CN2C[C@@]3(CCCc4cc(Cl)ccc43)COc3ccc(cc32)C(=O)N1. The standard InChI is InChI=1S/C35H40ClN3O4S2/c1-45(41)17-4-2-3-7-31(42-21-33-37-15-16-44-33)28-11-8-26(28)20-39-22-35(14-5-6-24-18-27(36)10-12-29(24)35)23-43-32-13-9-25(19-30(32)39)34(40)38-45/h3,7,9-10,12-13,15-16,18-19,26,28,31H,1-2,4-6,8,11,14,17,20-23H2,(H,38,40,41)/b7-3+/t26-,28+,31+,35-,45?/m0/s1. The van der Waals surface area contributed by atoms with Crippen molar-refractivity contribution in [1.82, 2.24) is 9.71 Å². The zero-order valence-corrected chi connectivity index (χ0v) is 27.8. The number of ether oxygens (including phenoxy) is 2. The Kier molecular flexibility index (Phi) is 8.72. The molecule has 0 saturated heterocycles. The highest BCUT2D eigenvalue weighted by atomic mass is 35.5. The number of aromatic nitrogens is 1. The first kappa shape index (κ1) is 30.8. The van der Waals surface area contributed by atoms with Crippen LogP contribution in [0.2, 0.25) is 5.02 Å². The number of carbonyl (C=O) groups excluding carboxylic acids is 1. The number of nitrogens with one attached hydrogen (secondary N) is 1. The molecule has 1 saturated carbocycles. The molecule has 0 radical (unpaired) electrons. The van der Waals surface area contributed by atoms with Crippen LogP contribution in [0, 0.1) is 11.8 Å². The third kappa shape index (κ3) is 6.55. The molecule has 2 aliphatic carbocycles. The molecule has 5 atom stereocenters. The number of rotatable bonds is 3. The van der Waals surface area contributed by atoms with E-state index in [1.807, 2.05) is 29.8 Å². The van der Waals surface area contributed by atoms with E-state index >= 15 is 0 Å². The van der Waals surface area contributed by atoms with Gasteiger partial charge in [-0.05, 0) is 104 Å². The maximum Gasteiger partial charge on any atom is 0.262 e. The molecule has 3 heterocycles. The van der Waals surface area contributed by atoms with Crippen LogP contribution in [-0.2, 0) is 32.9 Å². The van der Waals surface area contributed by atoms with Crippen molar-refractivity contribution < 1.29 is 18.5 Å². The fraction of sp³-hybridized carbons (Fsp3) is 0.457. The van der Waals surface area contributed by atoms with Crippen molar-refractivity contribution in [1.29, 1.82) is 0 Å². The molecule has 2 aromatic carbocycles. The molecule has 2 aliphatic heterocycles. The molecule has 1 N–H and O–H groups in total. The van der Waals surface area contributed by atoms with Gasteiger partial charge in [-0.3, -0.25) is 9.52 Å². The number of aryl methyl sites for hydroxylation is 1. The molecular weight excluding hydrogens is 626 g/mol. The molecular formula is C35H40ClN3O4S2. The minimum atomic E-state index is -2.80. The van der Waals surface area contributed by atoms with Crippen molar-refractivity contribution in [2.45, 2.75) is 63.1 Å². The number of halogens is 1. The molecule has 1 amide bonds. The second-order valence-electron chi connectivity index (χ2n) is 13.0. The number of thiazole rings is 1. The van der Waals surface area contributed by atoms with Crippen LogP contribution in [0.4, 0.5) is 5.69 Å². The van der Waals surface area contributed by atoms with Crippen LogP contribution < -0.4 is 14.4 Å². The molecule has 2 bridgehead atoms. The summed E-state index contributed by atoms with van der Waals surface area (Å²) < 4.78 is 29.2. The summed E-state index contributed by atoms with van der Waals surface area (Å²) in [5, 5.41) is 3.72. The first-order valence-electron chi connectivity index (χ1n) is 15.9. The largest absolute Gasteiger partial charge is 0.490 e. The van der Waals surface area contributed by atoms with Gasteiger partial charge in [0, 0.05) is 56.1 Å². The van der Waals surface area contributed by atoms with Gasteiger partial charge in [-0.2, -0.15) is 0 Å². The molecule has 1 unspecified atom stereocenters. The highest BCUT2D eigenvalue weighted by molar-refractivity contribution is 7.99. The first-order chi connectivity index (χ1) is 21.8. The third-order valence-corrected chi connectivity index (χ3v) is 12.5. The molecule has 45 heavy (non-hydrogen) atoms. The Balaban J connectivity index is 1.26. The van der Waals surface area contributed by atoms with Crippen LogP contribution in [0.25, 0.3) is 0 Å². The topological polar surface area (TPSA) is 80.8 Å². The van der Waals surface area contributed by atoms with E-state index in [-0.39, 0.29) is 17.4 Å². The Labute approximate surface area is 275 Å². The van der Waals surface area contributed by atoms with Crippen molar-refractivity contribution in [3.05, 3.63) is 86.8 Å². The Bertz CT molecular complexity index is 1690. The summed E-state index contributed by atoms with van der Waals surface area (Å²) in [7, 11) is -2.80. The fourth-order valence-corrected chi connectivity index (χ4v) is 9.47. The average Bonchev–Trinajstić information content (AvgIpc) is 3.48. The first-order valence-corrected chi connectivity index (χ1v) is 19.1. The number of carbonyl (C=O) groups is 1. The minimum Gasteiger partial charge on any atom is -0.490 e. The number of fused-ring (bicyclic) bond motifs is 4. The van der Waals surface area contributed by atoms with E-state index in [1.54, 1.807) is 17.4 Å². The van der Waals surface area contributed by atoms with Gasteiger partial charge in [-0.25, -0.2) is 9.19 Å². The smallest absolute Gasteiger partial charge is 0.262 e. The number of anilines is 1. The van der Waals surface area contributed by atoms with Crippen LogP contribution >= 0.6 is 22.9 Å². The van der Waals surface area contributed by atoms with Crippen molar-refractivity contribution in [2.75, 3.05) is 30.3 Å². The van der Waals surface area contributed by atoms with Crippen LogP contribution in [0.15, 0.2) is 60.1 Å². The van der Waals surface area contributed by atoms with Gasteiger partial charge in [0.1, 0.15) is 10.8 Å². The van der Waals surface area contributed by atoms with Crippen molar-refractivity contribution in [2.24, 2.45) is 11.8 Å². The molecule has 1 fully saturated rings. The Hall–Kier alpha value is -2.85. The molecule has 3 aromatic rings. The molecule has 4 aliphatic rings. The van der Waals surface area contributed by atoms with E-state index in [2.05, 4.69) is 44.8 Å². The zero-order valence-electron chi connectivity index (χ0n) is 25.4. The molecule has 10 heteroatoms. The van der Waals surface area contributed by atoms with Crippen molar-refractivity contribution >= 4 is 50.1 Å². The third-order valence-electron chi connectivity index (χ3n) is 9.98. The number of hydrogen-bond donors (Lipinski definition) is 1. The van der Waals surface area contributed by atoms with Crippen LogP contribution in [0.1, 0.15) is 65.0 Å². The van der Waals surface area contributed by atoms with E-state index in [0.29, 0.717) is 42.8 Å². The number of allylic oxidation sites excluding steroid dienone is 1. The zero-order chi connectivity index (χ0) is 31.0. The number of benzene rings is 2. The molecule has 238 valence electrons. The molecule has 7 rings (SSSR count). The quantitative estimate of drug-likeness (QED) is 0.251. The Morgan fingerprint density at radius 3 is 2.96 bits per heavy atom. The second-order valence-corrected chi connectivity index (χ2v) is 16.7. The van der Waals surface area contributed by atoms with Gasteiger partial charge >= 0.3 is 0 Å². The minimum absolute atomic E-state index is 0.0371. The lowest BCUT2D eigenvalue weighted by molar-refractivity contribution is -0.0226. The monoisotopic (exact) mass is 665 g/mol. The van der Waals surface area contributed by atoms with Gasteiger partial charge in [0.05, 0.1) is 25.0 Å². The summed E-state index contributed by atoms with van der Waals surface area (Å²) >= 11 is 8.06. The number of amides is 1. The van der Waals surface area contributed by atoms with Gasteiger partial charge in [0.25, 0.3) is 5.91 Å². The van der Waals surface area contributed by atoms with E-state index < -0.39 is 9.71 Å². The maximum absolute atomic E-state index is 13.4. The van der Waals surface area contributed by atoms with Crippen molar-refractivity contribution in [3.8, 4) is 5.75 Å². The fourth-order valence-electron chi connectivity index (χ4n) is 7.55. The maximum atomic E-state index is 13.4. The van der Waals surface area contributed by atoms with E-state index in [9.17, 15) is 9.00 Å². The molecule has 1 spiro atoms. The summed E-state index contributed by atoms with van der Waals surface area (Å²) in [6.07, 6.45) is 12.8. The Morgan fingerprint density at radius 2 is 2.13 bits per heavy atom. The summed E-state index contributed by atoms with van der Waals surface area (Å²) in [4.78, 5) is 20.3. The van der Waals surface area contributed by atoms with E-state index in [1.165, 1.54) is 11.1 Å². The lowest BCUT2D eigenvalue weighted by Gasteiger charge is -2.46. The highest BCUT2D eigenvalue weighted by Gasteiger charge is 2.44. The number of hydrogen-bond acceptors (Lipinski definition) is 7. The summed E-state index contributed by atoms with van der Waals surface area (Å²) in [6, 6.07) is 11.9. The van der Waals surface area contributed by atoms with Gasteiger partial charge in [0.15, 0.2) is 0 Å². The molecule has 1 aromatic heterocycles. The lowest BCUT2D eigenvalue weighted by atomic mass is 9.68. The molecule has 7 nitrogen and oxygen atoms in total. The van der Waals surface area contributed by atoms with E-state index in [4.69, 9.17) is 21.1 Å². The predicted octanol–water partition coefficient (Wildman–Crippen LogP) is 6.59. The summed E-state index contributed by atoms with van der Waals surface area (Å²) in [5.74, 6) is 5.37. The summed E-state index contributed by atoms with van der Waals surface area (Å²) in [6.45, 7) is 2.64. The second kappa shape index (κ2) is 12.7. The average molecular weight is 666 g/mol. The lowest BCUT2D eigenvalue weighted by Crippen LogP contribution is -2.49. The van der Waals surface area contributed by atoms with Gasteiger partial charge in [-0.1, -0.05) is 29.8 Å². The highest BCUT2D eigenvalue weighted by Crippen LogP contribution is 2.47. The predicted molar refractivity (Wildman–Crippen MR) is 183 cm³/mol. The van der Waals surface area contributed by atoms with Crippen LogP contribution in [-0.4, -0.2) is 52.5 Å². The number of nitrogens with zero attached hydrogens (tertiary/aromatic N) is 2. The van der Waals surface area contributed by atoms with Crippen molar-refractivity contribution in [3.63, 3.8) is 0 Å². The van der Waals surface area contributed by atoms with Gasteiger partial charge < -0.3 is 14.4 Å². The Morgan fingerprint density at radius 1 is 1.22 bits per heavy atom.